The Hall–Kier alpha value is -3.09. The van der Waals surface area contributed by atoms with Gasteiger partial charge in [-0.15, -0.1) is 0 Å². The van der Waals surface area contributed by atoms with Crippen molar-refractivity contribution in [2.24, 2.45) is 0 Å². The molecule has 1 N–H and O–H groups in total. The molecule has 0 saturated carbocycles. The molecule has 0 fully saturated rings. The lowest BCUT2D eigenvalue weighted by Crippen LogP contribution is -2.33. The third-order valence-electron chi connectivity index (χ3n) is 3.90. The number of hydrogen-bond donors (Lipinski definition) is 1. The lowest BCUT2D eigenvalue weighted by Gasteiger charge is -2.18. The van der Waals surface area contributed by atoms with E-state index in [0.717, 1.165) is 12.1 Å². The van der Waals surface area contributed by atoms with Crippen molar-refractivity contribution in [3.8, 4) is 0 Å². The second-order valence-electron chi connectivity index (χ2n) is 5.51. The lowest BCUT2D eigenvalue weighted by atomic mass is 10.1. The first kappa shape index (κ1) is 16.8. The summed E-state index contributed by atoms with van der Waals surface area (Å²) in [5.74, 6) is -2.20. The molecule has 1 aromatic heterocycles. The van der Waals surface area contributed by atoms with Gasteiger partial charge in [0, 0.05) is 6.07 Å². The van der Waals surface area contributed by atoms with Crippen LogP contribution < -0.4 is 10.9 Å². The standard InChI is InChI=1S/C18H15F2N3O2/c1-2-16(17(24)22-15-8-7-11(19)9-13(15)20)23-10-21-14-6-4-3-5-12(14)18(23)25/h3-10,16H,2H2,1H3,(H,22,24). The van der Waals surface area contributed by atoms with Crippen molar-refractivity contribution >= 4 is 22.5 Å². The smallest absolute Gasteiger partial charge is 0.261 e. The zero-order chi connectivity index (χ0) is 18.0. The predicted molar refractivity (Wildman–Crippen MR) is 90.3 cm³/mol. The van der Waals surface area contributed by atoms with Crippen LogP contribution >= 0.6 is 0 Å². The quantitative estimate of drug-likeness (QED) is 0.791. The number of para-hydroxylation sites is 1. The number of nitrogens with one attached hydrogen (secondary N) is 1. The van der Waals surface area contributed by atoms with Crippen LogP contribution in [0.5, 0.6) is 0 Å². The van der Waals surface area contributed by atoms with Gasteiger partial charge in [0.05, 0.1) is 22.9 Å². The maximum Gasteiger partial charge on any atom is 0.261 e. The van der Waals surface area contributed by atoms with Gasteiger partial charge in [0.1, 0.15) is 17.7 Å². The molecule has 25 heavy (non-hydrogen) atoms. The van der Waals surface area contributed by atoms with E-state index in [9.17, 15) is 18.4 Å². The third-order valence-corrected chi connectivity index (χ3v) is 3.90. The van der Waals surface area contributed by atoms with E-state index >= 15 is 0 Å². The maximum atomic E-state index is 13.7. The van der Waals surface area contributed by atoms with Crippen molar-refractivity contribution < 1.29 is 13.6 Å². The Balaban J connectivity index is 1.95. The molecule has 7 heteroatoms. The predicted octanol–water partition coefficient (Wildman–Crippen LogP) is 3.26. The van der Waals surface area contributed by atoms with Crippen molar-refractivity contribution in [3.63, 3.8) is 0 Å². The molecular formula is C18H15F2N3O2. The van der Waals surface area contributed by atoms with E-state index in [1.165, 1.54) is 10.9 Å². The number of hydrogen-bond acceptors (Lipinski definition) is 3. The van der Waals surface area contributed by atoms with Gasteiger partial charge in [-0.25, -0.2) is 13.8 Å². The molecule has 0 spiro atoms. The van der Waals surface area contributed by atoms with E-state index in [0.29, 0.717) is 23.4 Å². The van der Waals surface area contributed by atoms with Crippen molar-refractivity contribution in [2.75, 3.05) is 5.32 Å². The summed E-state index contributed by atoms with van der Waals surface area (Å²) in [7, 11) is 0. The van der Waals surface area contributed by atoms with Gasteiger partial charge in [0.15, 0.2) is 0 Å². The highest BCUT2D eigenvalue weighted by Gasteiger charge is 2.22. The number of halogens is 2. The Bertz CT molecular complexity index is 1000. The van der Waals surface area contributed by atoms with E-state index < -0.39 is 23.6 Å². The minimum atomic E-state index is -0.882. The summed E-state index contributed by atoms with van der Waals surface area (Å²) in [4.78, 5) is 29.3. The van der Waals surface area contributed by atoms with Gasteiger partial charge in [-0.2, -0.15) is 0 Å². The SMILES string of the molecule is CCC(C(=O)Nc1ccc(F)cc1F)n1cnc2ccccc2c1=O. The summed E-state index contributed by atoms with van der Waals surface area (Å²) >= 11 is 0. The van der Waals surface area contributed by atoms with Crippen LogP contribution in [0.2, 0.25) is 0 Å². The number of carbonyl (C=O) groups excluding carboxylic acids is 1. The normalized spacial score (nSPS) is 12.1. The molecular weight excluding hydrogens is 328 g/mol. The van der Waals surface area contributed by atoms with Crippen LogP contribution in [-0.2, 0) is 4.79 Å². The van der Waals surface area contributed by atoms with Crippen molar-refractivity contribution in [1.82, 2.24) is 9.55 Å². The van der Waals surface area contributed by atoms with Crippen molar-refractivity contribution in [3.05, 3.63) is 70.8 Å². The molecule has 0 aliphatic carbocycles. The molecule has 128 valence electrons. The third kappa shape index (κ3) is 3.26. The van der Waals surface area contributed by atoms with E-state index in [1.54, 1.807) is 31.2 Å². The molecule has 3 aromatic rings. The van der Waals surface area contributed by atoms with Crippen LogP contribution in [0.3, 0.4) is 0 Å². The van der Waals surface area contributed by atoms with Crippen LogP contribution in [0.4, 0.5) is 14.5 Å². The van der Waals surface area contributed by atoms with Gasteiger partial charge in [0.2, 0.25) is 5.91 Å². The highest BCUT2D eigenvalue weighted by molar-refractivity contribution is 5.94. The second-order valence-corrected chi connectivity index (χ2v) is 5.51. The highest BCUT2D eigenvalue weighted by atomic mass is 19.1. The van der Waals surface area contributed by atoms with Crippen molar-refractivity contribution in [2.45, 2.75) is 19.4 Å². The minimum Gasteiger partial charge on any atom is -0.322 e. The molecule has 3 rings (SSSR count). The Kier molecular flexibility index (Phi) is 4.56. The number of amides is 1. The Labute approximate surface area is 141 Å². The van der Waals surface area contributed by atoms with Gasteiger partial charge < -0.3 is 5.32 Å². The average Bonchev–Trinajstić information content (AvgIpc) is 2.60. The lowest BCUT2D eigenvalue weighted by molar-refractivity contribution is -0.119. The van der Waals surface area contributed by atoms with Gasteiger partial charge in [-0.05, 0) is 30.7 Å². The molecule has 0 radical (unpaired) electrons. The van der Waals surface area contributed by atoms with E-state index in [1.807, 2.05) is 0 Å². The van der Waals surface area contributed by atoms with Crippen LogP contribution in [0.1, 0.15) is 19.4 Å². The molecule has 0 aliphatic rings. The first-order valence-electron chi connectivity index (χ1n) is 7.73. The van der Waals surface area contributed by atoms with Gasteiger partial charge in [-0.1, -0.05) is 19.1 Å². The van der Waals surface area contributed by atoms with E-state index in [-0.39, 0.29) is 11.2 Å². The minimum absolute atomic E-state index is 0.147. The maximum absolute atomic E-state index is 13.7. The number of aromatic nitrogens is 2. The Morgan fingerprint density at radius 1 is 1.24 bits per heavy atom. The summed E-state index contributed by atoms with van der Waals surface area (Å²) in [5.41, 5.74) is 0.0300. The zero-order valence-electron chi connectivity index (χ0n) is 13.4. The molecule has 5 nitrogen and oxygen atoms in total. The Morgan fingerprint density at radius 2 is 2.00 bits per heavy atom. The Morgan fingerprint density at radius 3 is 2.72 bits per heavy atom. The molecule has 2 aromatic carbocycles. The van der Waals surface area contributed by atoms with Crippen LogP contribution in [-0.4, -0.2) is 15.5 Å². The summed E-state index contributed by atoms with van der Waals surface area (Å²) in [6.07, 6.45) is 1.61. The van der Waals surface area contributed by atoms with Gasteiger partial charge >= 0.3 is 0 Å². The second kappa shape index (κ2) is 6.80. The fraction of sp³-hybridized carbons (Fsp3) is 0.167. The van der Waals surface area contributed by atoms with E-state index in [2.05, 4.69) is 10.3 Å². The number of rotatable bonds is 4. The number of anilines is 1. The summed E-state index contributed by atoms with van der Waals surface area (Å²) in [6, 6.07) is 8.81. The van der Waals surface area contributed by atoms with Gasteiger partial charge in [0.25, 0.3) is 5.56 Å². The van der Waals surface area contributed by atoms with Crippen molar-refractivity contribution in [1.29, 1.82) is 0 Å². The average molecular weight is 343 g/mol. The van der Waals surface area contributed by atoms with Crippen LogP contribution in [0, 0.1) is 11.6 Å². The van der Waals surface area contributed by atoms with E-state index in [4.69, 9.17) is 0 Å². The topological polar surface area (TPSA) is 64.0 Å². The molecule has 0 aliphatic heterocycles. The van der Waals surface area contributed by atoms with Crippen LogP contribution in [0.15, 0.2) is 53.6 Å². The number of nitrogens with zero attached hydrogens (tertiary/aromatic N) is 2. The summed E-state index contributed by atoms with van der Waals surface area (Å²) in [6.45, 7) is 1.73. The highest BCUT2D eigenvalue weighted by Crippen LogP contribution is 2.18. The first-order valence-corrected chi connectivity index (χ1v) is 7.73. The largest absolute Gasteiger partial charge is 0.322 e. The zero-order valence-corrected chi connectivity index (χ0v) is 13.4. The molecule has 1 unspecified atom stereocenters. The summed E-state index contributed by atoms with van der Waals surface area (Å²) in [5, 5.41) is 2.79. The number of fused-ring (bicyclic) bond motifs is 1. The molecule has 1 atom stereocenters. The first-order chi connectivity index (χ1) is 12.0. The fourth-order valence-electron chi connectivity index (χ4n) is 2.62. The molecule has 0 bridgehead atoms. The van der Waals surface area contributed by atoms with Gasteiger partial charge in [-0.3, -0.25) is 14.2 Å². The molecule has 1 heterocycles. The summed E-state index contributed by atoms with van der Waals surface area (Å²) < 4.78 is 27.9. The fourth-order valence-corrected chi connectivity index (χ4v) is 2.62. The molecule has 1 amide bonds. The monoisotopic (exact) mass is 343 g/mol. The number of benzene rings is 2. The van der Waals surface area contributed by atoms with Crippen LogP contribution in [0.25, 0.3) is 10.9 Å². The number of carbonyl (C=O) groups is 1. The molecule has 0 saturated heterocycles.